The molecule has 1 atom stereocenters. The summed E-state index contributed by atoms with van der Waals surface area (Å²) in [7, 11) is 0. The molecular formula is C13H12Cl2N4O. The smallest absolute Gasteiger partial charge is 0.248 e. The number of carbonyl (C=O) groups is 1. The van der Waals surface area contributed by atoms with Crippen LogP contribution in [-0.4, -0.2) is 15.9 Å². The van der Waals surface area contributed by atoms with Crippen LogP contribution in [0, 0.1) is 0 Å². The molecule has 1 aromatic heterocycles. The fourth-order valence-corrected chi connectivity index (χ4v) is 2.02. The maximum absolute atomic E-state index is 12.3. The summed E-state index contributed by atoms with van der Waals surface area (Å²) in [5, 5.41) is 2.68. The highest BCUT2D eigenvalue weighted by atomic mass is 35.5. The third-order valence-electron chi connectivity index (χ3n) is 2.84. The lowest BCUT2D eigenvalue weighted by Gasteiger charge is -2.24. The maximum Gasteiger partial charge on any atom is 0.248 e. The lowest BCUT2D eigenvalue weighted by atomic mass is 9.92. The average molecular weight is 311 g/mol. The molecule has 3 N–H and O–H groups in total. The molecule has 104 valence electrons. The van der Waals surface area contributed by atoms with E-state index in [1.54, 1.807) is 31.2 Å². The van der Waals surface area contributed by atoms with Crippen molar-refractivity contribution in [1.82, 2.24) is 9.97 Å². The second-order valence-corrected chi connectivity index (χ2v) is 5.07. The number of anilines is 1. The predicted octanol–water partition coefficient (Wildman–Crippen LogP) is 2.60. The van der Waals surface area contributed by atoms with Gasteiger partial charge in [0.05, 0.1) is 0 Å². The summed E-state index contributed by atoms with van der Waals surface area (Å²) < 4.78 is 0. The molecular weight excluding hydrogens is 299 g/mol. The first kappa shape index (κ1) is 14.7. The van der Waals surface area contributed by atoms with Gasteiger partial charge in [-0.05, 0) is 12.5 Å². The van der Waals surface area contributed by atoms with Crippen LogP contribution in [0.15, 0.2) is 36.7 Å². The Morgan fingerprint density at radius 3 is 2.30 bits per heavy atom. The molecule has 1 heterocycles. The minimum Gasteiger partial charge on any atom is -0.319 e. The van der Waals surface area contributed by atoms with Crippen molar-refractivity contribution in [2.75, 3.05) is 5.32 Å². The van der Waals surface area contributed by atoms with Gasteiger partial charge in [-0.1, -0.05) is 53.5 Å². The fraction of sp³-hybridized carbons (Fsp3) is 0.154. The van der Waals surface area contributed by atoms with Gasteiger partial charge in [0, 0.05) is 0 Å². The monoisotopic (exact) mass is 310 g/mol. The number of benzene rings is 1. The van der Waals surface area contributed by atoms with E-state index in [4.69, 9.17) is 28.9 Å². The number of hydrogen-bond donors (Lipinski definition) is 2. The zero-order valence-corrected chi connectivity index (χ0v) is 12.1. The normalized spacial score (nSPS) is 13.6. The molecule has 0 spiro atoms. The van der Waals surface area contributed by atoms with Crippen molar-refractivity contribution in [3.8, 4) is 0 Å². The summed E-state index contributed by atoms with van der Waals surface area (Å²) in [5.74, 6) is -0.456. The van der Waals surface area contributed by atoms with E-state index >= 15 is 0 Å². The maximum atomic E-state index is 12.3. The molecule has 5 nitrogen and oxygen atoms in total. The van der Waals surface area contributed by atoms with E-state index in [-0.39, 0.29) is 16.0 Å². The van der Waals surface area contributed by atoms with Crippen LogP contribution < -0.4 is 11.1 Å². The van der Waals surface area contributed by atoms with Gasteiger partial charge in [-0.25, -0.2) is 9.97 Å². The Morgan fingerprint density at radius 1 is 1.20 bits per heavy atom. The molecule has 1 amide bonds. The summed E-state index contributed by atoms with van der Waals surface area (Å²) >= 11 is 11.8. The van der Waals surface area contributed by atoms with Crippen LogP contribution in [0.4, 0.5) is 5.69 Å². The molecule has 1 aromatic carbocycles. The number of nitrogens with zero attached hydrogens (tertiary/aromatic N) is 2. The van der Waals surface area contributed by atoms with Crippen LogP contribution in [-0.2, 0) is 10.3 Å². The lowest BCUT2D eigenvalue weighted by Crippen LogP contribution is -2.45. The Kier molecular flexibility index (Phi) is 4.23. The molecule has 0 aliphatic rings. The molecule has 0 aliphatic heterocycles. The van der Waals surface area contributed by atoms with Gasteiger partial charge in [0.15, 0.2) is 10.3 Å². The van der Waals surface area contributed by atoms with E-state index in [0.29, 0.717) is 5.56 Å². The molecule has 0 aliphatic carbocycles. The van der Waals surface area contributed by atoms with E-state index in [0.717, 1.165) is 0 Å². The van der Waals surface area contributed by atoms with E-state index < -0.39 is 11.4 Å². The van der Waals surface area contributed by atoms with Crippen molar-refractivity contribution in [2.24, 2.45) is 5.73 Å². The number of carbonyl (C=O) groups excluding carboxylic acids is 1. The van der Waals surface area contributed by atoms with Gasteiger partial charge in [0.1, 0.15) is 17.6 Å². The van der Waals surface area contributed by atoms with Gasteiger partial charge in [-0.15, -0.1) is 0 Å². The number of nitrogens with one attached hydrogen (secondary N) is 1. The van der Waals surface area contributed by atoms with Gasteiger partial charge >= 0.3 is 0 Å². The SMILES string of the molecule is CC(N)(C(=O)Nc1c(Cl)ncnc1Cl)c1ccccc1. The molecule has 0 saturated heterocycles. The van der Waals surface area contributed by atoms with Crippen molar-refractivity contribution < 1.29 is 4.79 Å². The summed E-state index contributed by atoms with van der Waals surface area (Å²) in [6.07, 6.45) is 1.21. The summed E-state index contributed by atoms with van der Waals surface area (Å²) in [6, 6.07) is 8.99. The summed E-state index contributed by atoms with van der Waals surface area (Å²) in [4.78, 5) is 19.9. The highest BCUT2D eigenvalue weighted by Crippen LogP contribution is 2.28. The van der Waals surface area contributed by atoms with Crippen LogP contribution in [0.1, 0.15) is 12.5 Å². The van der Waals surface area contributed by atoms with Gasteiger partial charge in [0.2, 0.25) is 5.91 Å². The van der Waals surface area contributed by atoms with Crippen molar-refractivity contribution in [3.05, 3.63) is 52.5 Å². The third kappa shape index (κ3) is 2.90. The van der Waals surface area contributed by atoms with Gasteiger partial charge < -0.3 is 11.1 Å². The molecule has 7 heteroatoms. The highest BCUT2D eigenvalue weighted by Gasteiger charge is 2.31. The quantitative estimate of drug-likeness (QED) is 0.854. The first-order chi connectivity index (χ1) is 9.43. The zero-order chi connectivity index (χ0) is 14.8. The molecule has 0 bridgehead atoms. The highest BCUT2D eigenvalue weighted by molar-refractivity contribution is 6.38. The van der Waals surface area contributed by atoms with Gasteiger partial charge in [-0.2, -0.15) is 0 Å². The molecule has 2 rings (SSSR count). The Morgan fingerprint density at radius 2 is 1.75 bits per heavy atom. The van der Waals surface area contributed by atoms with Crippen LogP contribution in [0.5, 0.6) is 0 Å². The number of rotatable bonds is 3. The molecule has 1 unspecified atom stereocenters. The van der Waals surface area contributed by atoms with Crippen molar-refractivity contribution in [2.45, 2.75) is 12.5 Å². The van der Waals surface area contributed by atoms with Crippen molar-refractivity contribution in [3.63, 3.8) is 0 Å². The first-order valence-corrected chi connectivity index (χ1v) is 6.50. The Labute approximate surface area is 126 Å². The van der Waals surface area contributed by atoms with E-state index in [1.807, 2.05) is 6.07 Å². The van der Waals surface area contributed by atoms with E-state index in [9.17, 15) is 4.79 Å². The van der Waals surface area contributed by atoms with Crippen LogP contribution >= 0.6 is 23.2 Å². The minimum absolute atomic E-state index is 0.0576. The number of aromatic nitrogens is 2. The third-order valence-corrected chi connectivity index (χ3v) is 3.41. The van der Waals surface area contributed by atoms with Crippen LogP contribution in [0.2, 0.25) is 10.3 Å². The number of hydrogen-bond acceptors (Lipinski definition) is 4. The largest absolute Gasteiger partial charge is 0.319 e. The molecule has 0 saturated carbocycles. The predicted molar refractivity (Wildman–Crippen MR) is 78.7 cm³/mol. The number of halogens is 2. The Balaban J connectivity index is 2.28. The van der Waals surface area contributed by atoms with E-state index in [2.05, 4.69) is 15.3 Å². The molecule has 0 radical (unpaired) electrons. The van der Waals surface area contributed by atoms with Crippen molar-refractivity contribution in [1.29, 1.82) is 0 Å². The van der Waals surface area contributed by atoms with Crippen LogP contribution in [0.3, 0.4) is 0 Å². The standard InChI is InChI=1S/C13H12Cl2N4O/c1-13(16,8-5-3-2-4-6-8)12(20)19-9-10(14)17-7-18-11(9)15/h2-7H,16H2,1H3,(H,19,20). The molecule has 0 fully saturated rings. The number of amides is 1. The molecule has 20 heavy (non-hydrogen) atoms. The molecule has 2 aromatic rings. The second-order valence-electron chi connectivity index (χ2n) is 4.35. The number of nitrogens with two attached hydrogens (primary N) is 1. The fourth-order valence-electron chi connectivity index (χ4n) is 1.61. The van der Waals surface area contributed by atoms with Gasteiger partial charge in [0.25, 0.3) is 0 Å². The van der Waals surface area contributed by atoms with E-state index in [1.165, 1.54) is 6.33 Å². The lowest BCUT2D eigenvalue weighted by molar-refractivity contribution is -0.120. The summed E-state index contributed by atoms with van der Waals surface area (Å²) in [5.41, 5.74) is 5.67. The second kappa shape index (κ2) is 5.75. The van der Waals surface area contributed by atoms with Crippen LogP contribution in [0.25, 0.3) is 0 Å². The summed E-state index contributed by atoms with van der Waals surface area (Å²) in [6.45, 7) is 1.60. The Hall–Kier alpha value is -1.69. The minimum atomic E-state index is -1.23. The zero-order valence-electron chi connectivity index (χ0n) is 10.6. The van der Waals surface area contributed by atoms with Crippen molar-refractivity contribution >= 4 is 34.8 Å². The topological polar surface area (TPSA) is 80.9 Å². The Bertz CT molecular complexity index is 611. The average Bonchev–Trinajstić information content (AvgIpc) is 2.43. The van der Waals surface area contributed by atoms with Gasteiger partial charge in [-0.3, -0.25) is 4.79 Å². The first-order valence-electron chi connectivity index (χ1n) is 5.75.